The third kappa shape index (κ3) is 3.10. The number of hydrogen-bond acceptors (Lipinski definition) is 6. The van der Waals surface area contributed by atoms with Crippen molar-refractivity contribution in [2.24, 2.45) is 0 Å². The molecule has 130 valence electrons. The molecule has 0 bridgehead atoms. The Bertz CT molecular complexity index is 591. The molecule has 4 heterocycles. The zero-order valence-corrected chi connectivity index (χ0v) is 14.0. The first kappa shape index (κ1) is 15.8. The van der Waals surface area contributed by atoms with E-state index in [4.69, 9.17) is 4.74 Å². The van der Waals surface area contributed by atoms with E-state index in [1.54, 1.807) is 12.4 Å². The SMILES string of the molecule is O=C(c1cncc(N2CCOC3(CCNCC3)C2)n1)N1CCCC1. The van der Waals surface area contributed by atoms with Gasteiger partial charge >= 0.3 is 0 Å². The number of morpholine rings is 1. The maximum Gasteiger partial charge on any atom is 0.274 e. The van der Waals surface area contributed by atoms with E-state index < -0.39 is 0 Å². The van der Waals surface area contributed by atoms with E-state index in [9.17, 15) is 4.79 Å². The summed E-state index contributed by atoms with van der Waals surface area (Å²) >= 11 is 0. The Hall–Kier alpha value is -1.73. The van der Waals surface area contributed by atoms with Gasteiger partial charge in [-0.3, -0.25) is 9.78 Å². The van der Waals surface area contributed by atoms with E-state index in [1.807, 2.05) is 4.90 Å². The van der Waals surface area contributed by atoms with Crippen molar-refractivity contribution in [1.29, 1.82) is 0 Å². The largest absolute Gasteiger partial charge is 0.371 e. The normalized spacial score (nSPS) is 23.7. The summed E-state index contributed by atoms with van der Waals surface area (Å²) in [5.74, 6) is 0.799. The van der Waals surface area contributed by atoms with E-state index in [2.05, 4.69) is 20.2 Å². The van der Waals surface area contributed by atoms with E-state index in [-0.39, 0.29) is 11.5 Å². The minimum Gasteiger partial charge on any atom is -0.371 e. The summed E-state index contributed by atoms with van der Waals surface area (Å²) in [6.45, 7) is 5.97. The Labute approximate surface area is 142 Å². The minimum absolute atomic E-state index is 0.00619. The van der Waals surface area contributed by atoms with Crippen LogP contribution in [0.3, 0.4) is 0 Å². The highest BCUT2D eigenvalue weighted by Crippen LogP contribution is 2.29. The lowest BCUT2D eigenvalue weighted by atomic mass is 9.90. The predicted octanol–water partition coefficient (Wildman–Crippen LogP) is 0.671. The fourth-order valence-electron chi connectivity index (χ4n) is 3.92. The second kappa shape index (κ2) is 6.64. The average Bonchev–Trinajstić information content (AvgIpc) is 3.17. The highest BCUT2D eigenvalue weighted by atomic mass is 16.5. The molecule has 7 nitrogen and oxygen atoms in total. The molecular weight excluding hydrogens is 306 g/mol. The molecule has 1 aromatic heterocycles. The monoisotopic (exact) mass is 331 g/mol. The van der Waals surface area contributed by atoms with Crippen LogP contribution in [-0.4, -0.2) is 72.3 Å². The van der Waals surface area contributed by atoms with Crippen LogP contribution in [0.4, 0.5) is 5.82 Å². The van der Waals surface area contributed by atoms with Crippen molar-refractivity contribution in [3.8, 4) is 0 Å². The number of anilines is 1. The van der Waals surface area contributed by atoms with Crippen molar-refractivity contribution in [3.63, 3.8) is 0 Å². The number of likely N-dealkylation sites (tertiary alicyclic amines) is 1. The third-order valence-corrected chi connectivity index (χ3v) is 5.32. The maximum atomic E-state index is 12.5. The average molecular weight is 331 g/mol. The fraction of sp³-hybridized carbons (Fsp3) is 0.706. The number of piperidine rings is 1. The number of hydrogen-bond donors (Lipinski definition) is 1. The van der Waals surface area contributed by atoms with Crippen LogP contribution < -0.4 is 10.2 Å². The van der Waals surface area contributed by atoms with E-state index in [0.29, 0.717) is 12.3 Å². The van der Waals surface area contributed by atoms with Gasteiger partial charge in [-0.15, -0.1) is 0 Å². The zero-order valence-electron chi connectivity index (χ0n) is 14.0. The first-order chi connectivity index (χ1) is 11.8. The van der Waals surface area contributed by atoms with Crippen molar-refractivity contribution in [1.82, 2.24) is 20.2 Å². The lowest BCUT2D eigenvalue weighted by molar-refractivity contribution is -0.0740. The van der Waals surface area contributed by atoms with Gasteiger partial charge < -0.3 is 19.9 Å². The summed E-state index contributed by atoms with van der Waals surface area (Å²) in [7, 11) is 0. The molecule has 1 spiro atoms. The van der Waals surface area contributed by atoms with Crippen molar-refractivity contribution >= 4 is 11.7 Å². The Morgan fingerprint density at radius 3 is 2.75 bits per heavy atom. The summed E-state index contributed by atoms with van der Waals surface area (Å²) in [5, 5.41) is 3.39. The minimum atomic E-state index is -0.0832. The molecule has 4 rings (SSSR count). The number of nitrogens with one attached hydrogen (secondary N) is 1. The Kier molecular flexibility index (Phi) is 4.37. The van der Waals surface area contributed by atoms with Crippen LogP contribution >= 0.6 is 0 Å². The van der Waals surface area contributed by atoms with Crippen molar-refractivity contribution in [3.05, 3.63) is 18.1 Å². The van der Waals surface area contributed by atoms with E-state index in [1.165, 1.54) is 0 Å². The summed E-state index contributed by atoms with van der Waals surface area (Å²) in [6, 6.07) is 0. The summed E-state index contributed by atoms with van der Waals surface area (Å²) in [4.78, 5) is 25.6. The number of carbonyl (C=O) groups excluding carboxylic acids is 1. The van der Waals surface area contributed by atoms with Crippen molar-refractivity contribution < 1.29 is 9.53 Å². The molecule has 24 heavy (non-hydrogen) atoms. The molecule has 0 aromatic carbocycles. The molecule has 7 heteroatoms. The first-order valence-electron chi connectivity index (χ1n) is 8.97. The van der Waals surface area contributed by atoms with Crippen LogP contribution in [0.25, 0.3) is 0 Å². The van der Waals surface area contributed by atoms with Gasteiger partial charge in [0.2, 0.25) is 0 Å². The summed E-state index contributed by atoms with van der Waals surface area (Å²) in [5.41, 5.74) is 0.375. The number of ether oxygens (including phenoxy) is 1. The van der Waals surface area contributed by atoms with Gasteiger partial charge in [-0.05, 0) is 38.8 Å². The molecule has 3 saturated heterocycles. The molecule has 3 aliphatic heterocycles. The number of rotatable bonds is 2. The molecule has 0 atom stereocenters. The predicted molar refractivity (Wildman–Crippen MR) is 90.2 cm³/mol. The molecule has 0 saturated carbocycles. The number of carbonyl (C=O) groups is 1. The van der Waals surface area contributed by atoms with Crippen LogP contribution in [0.2, 0.25) is 0 Å². The standard InChI is InChI=1S/C17H25N5O2/c23-16(21-7-1-2-8-21)14-11-19-12-15(20-14)22-9-10-24-17(13-22)3-5-18-6-4-17/h11-12,18H,1-10,13H2. The number of aromatic nitrogens is 2. The Morgan fingerprint density at radius 1 is 1.17 bits per heavy atom. The third-order valence-electron chi connectivity index (χ3n) is 5.32. The lowest BCUT2D eigenvalue weighted by Crippen LogP contribution is -2.56. The molecule has 1 N–H and O–H groups in total. The van der Waals surface area contributed by atoms with E-state index in [0.717, 1.165) is 70.8 Å². The molecular formula is C17H25N5O2. The van der Waals surface area contributed by atoms with Crippen LogP contribution in [0, 0.1) is 0 Å². The molecule has 0 aliphatic carbocycles. The zero-order chi connectivity index (χ0) is 16.4. The van der Waals surface area contributed by atoms with Crippen molar-refractivity contribution in [2.75, 3.05) is 50.8 Å². The highest BCUT2D eigenvalue weighted by molar-refractivity contribution is 5.92. The molecule has 1 aromatic rings. The number of amides is 1. The van der Waals surface area contributed by atoms with Gasteiger partial charge in [0.1, 0.15) is 11.5 Å². The van der Waals surface area contributed by atoms with E-state index >= 15 is 0 Å². The molecule has 0 radical (unpaired) electrons. The van der Waals surface area contributed by atoms with Gasteiger partial charge in [-0.25, -0.2) is 4.98 Å². The first-order valence-corrected chi connectivity index (χ1v) is 8.97. The molecule has 3 fully saturated rings. The van der Waals surface area contributed by atoms with Gasteiger partial charge in [0.05, 0.1) is 24.6 Å². The summed E-state index contributed by atoms with van der Waals surface area (Å²) in [6.07, 6.45) is 7.55. The number of nitrogens with zero attached hydrogens (tertiary/aromatic N) is 4. The van der Waals surface area contributed by atoms with Gasteiger partial charge in [0.15, 0.2) is 0 Å². The van der Waals surface area contributed by atoms with Crippen LogP contribution in [0.5, 0.6) is 0 Å². The maximum absolute atomic E-state index is 12.5. The Morgan fingerprint density at radius 2 is 1.96 bits per heavy atom. The van der Waals surface area contributed by atoms with Gasteiger partial charge in [-0.1, -0.05) is 0 Å². The molecule has 1 amide bonds. The van der Waals surface area contributed by atoms with Gasteiger partial charge in [-0.2, -0.15) is 0 Å². The van der Waals surface area contributed by atoms with Gasteiger partial charge in [0, 0.05) is 26.2 Å². The highest BCUT2D eigenvalue weighted by Gasteiger charge is 2.38. The lowest BCUT2D eigenvalue weighted by Gasteiger charge is -2.45. The Balaban J connectivity index is 1.51. The second-order valence-corrected chi connectivity index (χ2v) is 6.96. The van der Waals surface area contributed by atoms with Crippen LogP contribution in [-0.2, 0) is 4.74 Å². The van der Waals surface area contributed by atoms with Gasteiger partial charge in [0.25, 0.3) is 5.91 Å². The van der Waals surface area contributed by atoms with Crippen LogP contribution in [0.15, 0.2) is 12.4 Å². The quantitative estimate of drug-likeness (QED) is 0.859. The fourth-order valence-corrected chi connectivity index (χ4v) is 3.92. The molecule has 3 aliphatic rings. The molecule has 0 unspecified atom stereocenters. The second-order valence-electron chi connectivity index (χ2n) is 6.96. The van der Waals surface area contributed by atoms with Crippen molar-refractivity contribution in [2.45, 2.75) is 31.3 Å². The topological polar surface area (TPSA) is 70.6 Å². The van der Waals surface area contributed by atoms with Crippen LogP contribution in [0.1, 0.15) is 36.2 Å². The summed E-state index contributed by atoms with van der Waals surface area (Å²) < 4.78 is 6.11. The smallest absolute Gasteiger partial charge is 0.274 e.